The molecule has 0 saturated carbocycles. The number of benzene rings is 1. The summed E-state index contributed by atoms with van der Waals surface area (Å²) < 4.78 is 43.0. The highest BCUT2D eigenvalue weighted by Crippen LogP contribution is 2.31. The summed E-state index contributed by atoms with van der Waals surface area (Å²) in [5.74, 6) is 0.167. The van der Waals surface area contributed by atoms with E-state index in [1.165, 1.54) is 12.1 Å². The number of likely N-dealkylation sites (tertiary alicyclic amines) is 1. The van der Waals surface area contributed by atoms with E-state index < -0.39 is 11.7 Å². The van der Waals surface area contributed by atoms with Gasteiger partial charge in [-0.3, -0.25) is 0 Å². The summed E-state index contributed by atoms with van der Waals surface area (Å²) in [6, 6.07) is 4.56. The topological polar surface area (TPSA) is 41.6 Å². The number of halogens is 3. The molecule has 20 heavy (non-hydrogen) atoms. The highest BCUT2D eigenvalue weighted by molar-refractivity contribution is 5.75. The van der Waals surface area contributed by atoms with Crippen molar-refractivity contribution in [3.63, 3.8) is 0 Å². The van der Waals surface area contributed by atoms with Crippen LogP contribution in [0.2, 0.25) is 0 Å². The smallest absolute Gasteiger partial charge is 0.416 e. The molecule has 1 heterocycles. The third kappa shape index (κ3) is 3.34. The zero-order chi connectivity index (χ0) is 14.8. The molecule has 0 bridgehead atoms. The highest BCUT2D eigenvalue weighted by Gasteiger charge is 2.33. The van der Waals surface area contributed by atoms with E-state index in [1.807, 2.05) is 6.92 Å². The lowest BCUT2D eigenvalue weighted by atomic mass is 10.1. The molecule has 1 aromatic rings. The Hall–Kier alpha value is -1.92. The van der Waals surface area contributed by atoms with Crippen molar-refractivity contribution in [1.82, 2.24) is 10.2 Å². The number of carbonyl (C=O) groups excluding carboxylic acids is 1. The van der Waals surface area contributed by atoms with Crippen molar-refractivity contribution >= 4 is 6.03 Å². The van der Waals surface area contributed by atoms with Gasteiger partial charge in [-0.15, -0.1) is 0 Å². The molecule has 0 unspecified atom stereocenters. The van der Waals surface area contributed by atoms with Gasteiger partial charge in [-0.1, -0.05) is 6.07 Å². The van der Waals surface area contributed by atoms with Gasteiger partial charge in [-0.05, 0) is 25.1 Å². The molecule has 1 aromatic carbocycles. The number of nitrogens with zero attached hydrogens (tertiary/aromatic N) is 1. The fourth-order valence-corrected chi connectivity index (χ4v) is 1.88. The molecule has 0 aromatic heterocycles. The third-order valence-corrected chi connectivity index (χ3v) is 2.93. The molecule has 0 spiro atoms. The van der Waals surface area contributed by atoms with Gasteiger partial charge in [0, 0.05) is 6.54 Å². The number of rotatable bonds is 3. The van der Waals surface area contributed by atoms with E-state index in [1.54, 1.807) is 4.90 Å². The highest BCUT2D eigenvalue weighted by atomic mass is 19.4. The lowest BCUT2D eigenvalue weighted by molar-refractivity contribution is -0.137. The third-order valence-electron chi connectivity index (χ3n) is 2.93. The van der Waals surface area contributed by atoms with Crippen LogP contribution >= 0.6 is 0 Å². The van der Waals surface area contributed by atoms with Crippen LogP contribution in [-0.2, 0) is 6.18 Å². The van der Waals surface area contributed by atoms with Crippen molar-refractivity contribution in [1.29, 1.82) is 0 Å². The van der Waals surface area contributed by atoms with Crippen LogP contribution in [0.15, 0.2) is 24.3 Å². The van der Waals surface area contributed by atoms with Crippen LogP contribution in [0, 0.1) is 0 Å². The van der Waals surface area contributed by atoms with E-state index in [-0.39, 0.29) is 17.9 Å². The van der Waals surface area contributed by atoms with Crippen molar-refractivity contribution in [2.24, 2.45) is 0 Å². The standard InChI is InChI=1S/C13H15F3N2O2/c1-2-17-12(19)18-7-11(8-18)20-10-5-3-4-9(6-10)13(14,15)16/h3-6,11H,2,7-8H2,1H3,(H,17,19). The molecule has 2 amide bonds. The van der Waals surface area contributed by atoms with Crippen molar-refractivity contribution in [3.05, 3.63) is 29.8 Å². The van der Waals surface area contributed by atoms with Crippen LogP contribution < -0.4 is 10.1 Å². The van der Waals surface area contributed by atoms with Gasteiger partial charge in [0.1, 0.15) is 11.9 Å². The van der Waals surface area contributed by atoms with Crippen LogP contribution in [0.1, 0.15) is 12.5 Å². The van der Waals surface area contributed by atoms with Crippen LogP contribution in [0.4, 0.5) is 18.0 Å². The Morgan fingerprint density at radius 2 is 2.15 bits per heavy atom. The zero-order valence-electron chi connectivity index (χ0n) is 10.9. The average molecular weight is 288 g/mol. The molecule has 1 aliphatic rings. The summed E-state index contributed by atoms with van der Waals surface area (Å²) in [5, 5.41) is 2.64. The number of alkyl halides is 3. The number of urea groups is 1. The minimum Gasteiger partial charge on any atom is -0.487 e. The second-order valence-electron chi connectivity index (χ2n) is 4.51. The van der Waals surface area contributed by atoms with Crippen LogP contribution in [-0.4, -0.2) is 36.7 Å². The maximum absolute atomic E-state index is 12.5. The van der Waals surface area contributed by atoms with E-state index in [9.17, 15) is 18.0 Å². The molecular formula is C13H15F3N2O2. The van der Waals surface area contributed by atoms with Gasteiger partial charge in [0.05, 0.1) is 18.7 Å². The first-order valence-electron chi connectivity index (χ1n) is 6.27. The Morgan fingerprint density at radius 3 is 2.75 bits per heavy atom. The summed E-state index contributed by atoms with van der Waals surface area (Å²) in [5.41, 5.74) is -0.741. The van der Waals surface area contributed by atoms with Gasteiger partial charge >= 0.3 is 12.2 Å². The summed E-state index contributed by atoms with van der Waals surface area (Å²) in [6.07, 6.45) is -4.65. The fraction of sp³-hybridized carbons (Fsp3) is 0.462. The van der Waals surface area contributed by atoms with Crippen molar-refractivity contribution < 1.29 is 22.7 Å². The van der Waals surface area contributed by atoms with E-state index >= 15 is 0 Å². The Morgan fingerprint density at radius 1 is 1.45 bits per heavy atom. The Bertz CT molecular complexity index is 485. The molecule has 1 aliphatic heterocycles. The Balaban J connectivity index is 1.89. The predicted octanol–water partition coefficient (Wildman–Crippen LogP) is 2.50. The molecule has 0 radical (unpaired) electrons. The molecule has 0 atom stereocenters. The van der Waals surface area contributed by atoms with Gasteiger partial charge in [0.15, 0.2) is 0 Å². The monoisotopic (exact) mass is 288 g/mol. The maximum atomic E-state index is 12.5. The van der Waals surface area contributed by atoms with Gasteiger partial charge in [0.2, 0.25) is 0 Å². The summed E-state index contributed by atoms with van der Waals surface area (Å²) >= 11 is 0. The van der Waals surface area contributed by atoms with Gasteiger partial charge in [0.25, 0.3) is 0 Å². The average Bonchev–Trinajstić information content (AvgIpc) is 2.33. The molecular weight excluding hydrogens is 273 g/mol. The number of hydrogen-bond donors (Lipinski definition) is 1. The molecule has 4 nitrogen and oxygen atoms in total. The number of hydrogen-bond acceptors (Lipinski definition) is 2. The first kappa shape index (κ1) is 14.5. The zero-order valence-corrected chi connectivity index (χ0v) is 10.9. The fourth-order valence-electron chi connectivity index (χ4n) is 1.88. The number of nitrogens with one attached hydrogen (secondary N) is 1. The maximum Gasteiger partial charge on any atom is 0.416 e. The van der Waals surface area contributed by atoms with E-state index in [2.05, 4.69) is 5.32 Å². The predicted molar refractivity (Wildman–Crippen MR) is 66.5 cm³/mol. The Labute approximate surface area is 114 Å². The summed E-state index contributed by atoms with van der Waals surface area (Å²) in [6.45, 7) is 3.10. The van der Waals surface area contributed by atoms with Crippen molar-refractivity contribution in [3.8, 4) is 5.75 Å². The molecule has 0 aliphatic carbocycles. The largest absolute Gasteiger partial charge is 0.487 e. The van der Waals surface area contributed by atoms with E-state index in [0.717, 1.165) is 12.1 Å². The molecule has 110 valence electrons. The number of ether oxygens (including phenoxy) is 1. The van der Waals surface area contributed by atoms with E-state index in [4.69, 9.17) is 4.74 Å². The second kappa shape index (κ2) is 5.60. The summed E-state index contributed by atoms with van der Waals surface area (Å²) in [4.78, 5) is 13.0. The molecule has 1 saturated heterocycles. The minimum absolute atomic E-state index is 0.167. The lowest BCUT2D eigenvalue weighted by Crippen LogP contribution is -2.58. The second-order valence-corrected chi connectivity index (χ2v) is 4.51. The van der Waals surface area contributed by atoms with Crippen LogP contribution in [0.3, 0.4) is 0 Å². The van der Waals surface area contributed by atoms with Crippen molar-refractivity contribution in [2.45, 2.75) is 19.2 Å². The summed E-state index contributed by atoms with van der Waals surface area (Å²) in [7, 11) is 0. The minimum atomic E-state index is -4.38. The van der Waals surface area contributed by atoms with E-state index in [0.29, 0.717) is 19.6 Å². The van der Waals surface area contributed by atoms with Crippen LogP contribution in [0.25, 0.3) is 0 Å². The molecule has 2 rings (SSSR count). The van der Waals surface area contributed by atoms with Gasteiger partial charge in [-0.2, -0.15) is 13.2 Å². The van der Waals surface area contributed by atoms with Gasteiger partial charge in [-0.25, -0.2) is 4.79 Å². The SMILES string of the molecule is CCNC(=O)N1CC(Oc2cccc(C(F)(F)F)c2)C1. The number of carbonyl (C=O) groups is 1. The normalized spacial score (nSPS) is 15.7. The van der Waals surface area contributed by atoms with Crippen molar-refractivity contribution in [2.75, 3.05) is 19.6 Å². The first-order valence-corrected chi connectivity index (χ1v) is 6.27. The van der Waals surface area contributed by atoms with Crippen LogP contribution in [0.5, 0.6) is 5.75 Å². The molecule has 1 N–H and O–H groups in total. The quantitative estimate of drug-likeness (QED) is 0.928. The Kier molecular flexibility index (Phi) is 4.06. The molecule has 1 fully saturated rings. The number of amides is 2. The first-order chi connectivity index (χ1) is 9.40. The van der Waals surface area contributed by atoms with Gasteiger partial charge < -0.3 is 15.0 Å². The molecule has 7 heteroatoms. The lowest BCUT2D eigenvalue weighted by Gasteiger charge is -2.38.